The lowest BCUT2D eigenvalue weighted by Gasteiger charge is -2.33. The van der Waals surface area contributed by atoms with Crippen LogP contribution in [0.3, 0.4) is 0 Å². The Labute approximate surface area is 212 Å². The van der Waals surface area contributed by atoms with Crippen LogP contribution < -0.4 is 10.1 Å². The summed E-state index contributed by atoms with van der Waals surface area (Å²) >= 11 is 0. The molecule has 0 fully saturated rings. The Morgan fingerprint density at radius 1 is 1.00 bits per heavy atom. The van der Waals surface area contributed by atoms with Crippen LogP contribution in [0.4, 0.5) is 0 Å². The minimum atomic E-state index is -0.883. The summed E-state index contributed by atoms with van der Waals surface area (Å²) in [7, 11) is 0. The second-order valence-corrected chi connectivity index (χ2v) is 9.04. The number of ether oxygens (including phenoxy) is 1. The number of hydrogen-bond donors (Lipinski definition) is 2. The molecule has 2 unspecified atom stereocenters. The fourth-order valence-electron chi connectivity index (χ4n) is 5.02. The van der Waals surface area contributed by atoms with Gasteiger partial charge in [0.1, 0.15) is 11.9 Å². The number of carboxylic acid groups (broad SMARTS) is 1. The van der Waals surface area contributed by atoms with Crippen LogP contribution in [-0.2, 0) is 6.42 Å². The Hall–Kier alpha value is -3.34. The van der Waals surface area contributed by atoms with Crippen LogP contribution in [-0.4, -0.2) is 30.3 Å². The Balaban J connectivity index is 0.00000289. The van der Waals surface area contributed by atoms with E-state index in [0.29, 0.717) is 5.56 Å². The number of aromatic carboxylic acids is 1. The number of carbonyl (C=O) groups is 1. The highest BCUT2D eigenvalue weighted by Crippen LogP contribution is 2.40. The number of aryl methyl sites for hydroxylation is 1. The van der Waals surface area contributed by atoms with E-state index in [-0.39, 0.29) is 24.4 Å². The smallest absolute Gasteiger partial charge is 0.335 e. The minimum absolute atomic E-state index is 0. The van der Waals surface area contributed by atoms with E-state index in [1.807, 2.05) is 37.3 Å². The molecule has 180 valence electrons. The van der Waals surface area contributed by atoms with Gasteiger partial charge in [0.25, 0.3) is 0 Å². The monoisotopic (exact) mass is 487 g/mol. The average Bonchev–Trinajstić information content (AvgIpc) is 2.86. The van der Waals surface area contributed by atoms with Crippen molar-refractivity contribution in [1.82, 2.24) is 5.32 Å². The van der Waals surface area contributed by atoms with Gasteiger partial charge in [-0.3, -0.25) is 0 Å². The summed E-state index contributed by atoms with van der Waals surface area (Å²) in [5, 5.41) is 15.8. The van der Waals surface area contributed by atoms with Gasteiger partial charge >= 0.3 is 5.97 Å². The van der Waals surface area contributed by atoms with Gasteiger partial charge in [0.05, 0.1) is 5.56 Å². The lowest BCUT2D eigenvalue weighted by molar-refractivity contribution is 0.0696. The van der Waals surface area contributed by atoms with Crippen LogP contribution in [0.5, 0.6) is 5.75 Å². The number of para-hydroxylation sites is 1. The highest BCUT2D eigenvalue weighted by atomic mass is 35.5. The van der Waals surface area contributed by atoms with Gasteiger partial charge < -0.3 is 15.2 Å². The van der Waals surface area contributed by atoms with Crippen LogP contribution in [0.15, 0.2) is 84.9 Å². The molecular weight excluding hydrogens is 458 g/mol. The molecule has 0 amide bonds. The van der Waals surface area contributed by atoms with Crippen LogP contribution >= 0.6 is 12.4 Å². The number of hydrogen-bond acceptors (Lipinski definition) is 3. The first kappa shape index (κ1) is 24.8. The summed E-state index contributed by atoms with van der Waals surface area (Å²) in [6.45, 7) is 3.45. The molecule has 0 aliphatic carbocycles. The van der Waals surface area contributed by atoms with E-state index in [1.165, 1.54) is 16.3 Å². The molecule has 5 rings (SSSR count). The summed E-state index contributed by atoms with van der Waals surface area (Å²) in [4.78, 5) is 11.7. The molecule has 2 atom stereocenters. The molecule has 1 aliphatic rings. The van der Waals surface area contributed by atoms with Gasteiger partial charge in [-0.15, -0.1) is 12.4 Å². The second kappa shape index (κ2) is 10.9. The number of nitrogens with one attached hydrogen (secondary N) is 1. The normalized spacial score (nSPS) is 16.7. The van der Waals surface area contributed by atoms with Gasteiger partial charge in [-0.2, -0.15) is 0 Å². The van der Waals surface area contributed by atoms with Crippen molar-refractivity contribution in [3.8, 4) is 5.75 Å². The summed E-state index contributed by atoms with van der Waals surface area (Å²) < 4.78 is 6.33. The molecular formula is C30H30ClNO3. The van der Waals surface area contributed by atoms with E-state index in [1.54, 1.807) is 0 Å². The van der Waals surface area contributed by atoms with E-state index < -0.39 is 5.97 Å². The number of benzene rings is 4. The van der Waals surface area contributed by atoms with E-state index >= 15 is 0 Å². The number of halogens is 1. The van der Waals surface area contributed by atoms with Crippen molar-refractivity contribution in [2.75, 3.05) is 13.1 Å². The van der Waals surface area contributed by atoms with Crippen LogP contribution in [0.1, 0.15) is 45.0 Å². The molecule has 4 aromatic carbocycles. The first-order valence-corrected chi connectivity index (χ1v) is 11.9. The zero-order valence-electron chi connectivity index (χ0n) is 19.7. The van der Waals surface area contributed by atoms with Crippen molar-refractivity contribution in [3.63, 3.8) is 0 Å². The van der Waals surface area contributed by atoms with Gasteiger partial charge in [0.2, 0.25) is 0 Å². The summed E-state index contributed by atoms with van der Waals surface area (Å²) in [6, 6.07) is 28.9. The van der Waals surface area contributed by atoms with Crippen LogP contribution in [0.2, 0.25) is 0 Å². The first-order valence-electron chi connectivity index (χ1n) is 11.9. The Kier molecular flexibility index (Phi) is 7.74. The zero-order chi connectivity index (χ0) is 23.5. The zero-order valence-corrected chi connectivity index (χ0v) is 20.6. The molecule has 35 heavy (non-hydrogen) atoms. The molecule has 1 heterocycles. The van der Waals surface area contributed by atoms with Crippen molar-refractivity contribution in [3.05, 3.63) is 113 Å². The van der Waals surface area contributed by atoms with Crippen LogP contribution in [0.25, 0.3) is 10.8 Å². The van der Waals surface area contributed by atoms with Gasteiger partial charge in [0.15, 0.2) is 0 Å². The van der Waals surface area contributed by atoms with E-state index in [9.17, 15) is 9.90 Å². The highest BCUT2D eigenvalue weighted by molar-refractivity contribution is 5.89. The lowest BCUT2D eigenvalue weighted by Crippen LogP contribution is -2.36. The third-order valence-corrected chi connectivity index (χ3v) is 6.80. The molecule has 0 saturated heterocycles. The third-order valence-electron chi connectivity index (χ3n) is 6.80. The molecule has 0 radical (unpaired) electrons. The van der Waals surface area contributed by atoms with E-state index in [0.717, 1.165) is 48.4 Å². The summed E-state index contributed by atoms with van der Waals surface area (Å²) in [5.41, 5.74) is 4.64. The van der Waals surface area contributed by atoms with Crippen molar-refractivity contribution in [2.45, 2.75) is 31.8 Å². The summed E-state index contributed by atoms with van der Waals surface area (Å²) in [6.07, 6.45) is 1.77. The minimum Gasteiger partial charge on any atom is -0.489 e. The third kappa shape index (κ3) is 5.34. The molecule has 0 spiro atoms. The van der Waals surface area contributed by atoms with Gasteiger partial charge in [-0.1, -0.05) is 72.8 Å². The highest BCUT2D eigenvalue weighted by Gasteiger charge is 2.29. The number of carboxylic acids is 1. The van der Waals surface area contributed by atoms with Crippen molar-refractivity contribution < 1.29 is 14.6 Å². The lowest BCUT2D eigenvalue weighted by atomic mass is 9.83. The SMILES string of the molecule is Cc1ccc(C2CC(CNCCc3cccc4ccccc34)Oc3ccccc32)cc1C(=O)O.Cl. The molecule has 0 bridgehead atoms. The molecule has 5 heteroatoms. The fourth-order valence-corrected chi connectivity index (χ4v) is 5.02. The first-order chi connectivity index (χ1) is 16.6. The van der Waals surface area contributed by atoms with Crippen molar-refractivity contribution >= 4 is 29.1 Å². The van der Waals surface area contributed by atoms with Gasteiger partial charge in [-0.25, -0.2) is 4.79 Å². The molecule has 2 N–H and O–H groups in total. The Morgan fingerprint density at radius 2 is 1.77 bits per heavy atom. The fraction of sp³-hybridized carbons (Fsp3) is 0.233. The molecule has 1 aliphatic heterocycles. The maximum absolute atomic E-state index is 11.7. The average molecular weight is 488 g/mol. The van der Waals surface area contributed by atoms with Crippen LogP contribution in [0, 0.1) is 6.92 Å². The maximum atomic E-state index is 11.7. The standard InChI is InChI=1S/C30H29NO3.ClH/c1-20-13-14-23(17-27(20)30(32)33)28-18-24(34-29-12-5-4-11-26(28)29)19-31-16-15-22-9-6-8-21-7-2-3-10-25(21)22;/h2-14,17,24,28,31H,15-16,18-19H2,1H3,(H,32,33);1H. The predicted octanol–water partition coefficient (Wildman–Crippen LogP) is 6.38. The quantitative estimate of drug-likeness (QED) is 0.297. The van der Waals surface area contributed by atoms with Crippen molar-refractivity contribution in [2.24, 2.45) is 0 Å². The largest absolute Gasteiger partial charge is 0.489 e. The topological polar surface area (TPSA) is 58.6 Å². The number of rotatable bonds is 7. The Bertz CT molecular complexity index is 1330. The maximum Gasteiger partial charge on any atom is 0.335 e. The summed E-state index contributed by atoms with van der Waals surface area (Å²) in [5.74, 6) is 0.108. The van der Waals surface area contributed by atoms with Gasteiger partial charge in [0, 0.05) is 18.0 Å². The Morgan fingerprint density at radius 3 is 2.63 bits per heavy atom. The van der Waals surface area contributed by atoms with E-state index in [2.05, 4.69) is 59.9 Å². The number of fused-ring (bicyclic) bond motifs is 2. The van der Waals surface area contributed by atoms with Crippen molar-refractivity contribution in [1.29, 1.82) is 0 Å². The second-order valence-electron chi connectivity index (χ2n) is 9.04. The molecule has 4 aromatic rings. The van der Waals surface area contributed by atoms with E-state index in [4.69, 9.17) is 4.74 Å². The molecule has 0 saturated carbocycles. The molecule has 4 nitrogen and oxygen atoms in total. The molecule has 0 aromatic heterocycles. The predicted molar refractivity (Wildman–Crippen MR) is 143 cm³/mol. The van der Waals surface area contributed by atoms with Gasteiger partial charge in [-0.05, 0) is 65.9 Å².